The molecule has 2 aromatic heterocycles. The van der Waals surface area contributed by atoms with E-state index < -0.39 is 5.91 Å². The first-order valence-electron chi connectivity index (χ1n) is 9.12. The second-order valence-corrected chi connectivity index (χ2v) is 6.83. The first kappa shape index (κ1) is 18.5. The highest BCUT2D eigenvalue weighted by molar-refractivity contribution is 6.04. The largest absolute Gasteiger partial charge is 0.368 e. The molecule has 0 aliphatic heterocycles. The monoisotopic (exact) mass is 390 g/mol. The van der Waals surface area contributed by atoms with Gasteiger partial charge in [-0.25, -0.2) is 4.39 Å². The van der Waals surface area contributed by atoms with Crippen LogP contribution in [-0.2, 0) is 0 Å². The molecule has 0 aliphatic carbocycles. The highest BCUT2D eigenvalue weighted by atomic mass is 19.1. The molecule has 4 rings (SSSR count). The van der Waals surface area contributed by atoms with E-state index in [9.17, 15) is 9.18 Å². The van der Waals surface area contributed by atoms with Gasteiger partial charge in [-0.2, -0.15) is 5.10 Å². The number of benzene rings is 2. The van der Waals surface area contributed by atoms with E-state index in [1.807, 2.05) is 30.3 Å². The summed E-state index contributed by atoms with van der Waals surface area (Å²) in [6, 6.07) is 15.7. The summed E-state index contributed by atoms with van der Waals surface area (Å²) in [7, 11) is 0. The van der Waals surface area contributed by atoms with E-state index in [1.54, 1.807) is 12.1 Å². The van der Waals surface area contributed by atoms with Crippen molar-refractivity contribution >= 4 is 22.6 Å². The Labute approximate surface area is 166 Å². The summed E-state index contributed by atoms with van der Waals surface area (Å²) in [4.78, 5) is 11.5. The molecule has 8 heteroatoms. The van der Waals surface area contributed by atoms with Gasteiger partial charge < -0.3 is 11.1 Å². The Balaban J connectivity index is 1.47. The van der Waals surface area contributed by atoms with Crippen molar-refractivity contribution in [1.82, 2.24) is 20.4 Å². The highest BCUT2D eigenvalue weighted by Crippen LogP contribution is 2.24. The van der Waals surface area contributed by atoms with E-state index in [0.29, 0.717) is 23.4 Å². The first-order chi connectivity index (χ1) is 14.0. The molecule has 0 saturated heterocycles. The molecule has 0 aliphatic rings. The zero-order chi connectivity index (χ0) is 20.4. The number of aromatic amines is 1. The maximum Gasteiger partial charge on any atom is 0.269 e. The van der Waals surface area contributed by atoms with Gasteiger partial charge in [-0.1, -0.05) is 25.1 Å². The van der Waals surface area contributed by atoms with Crippen LogP contribution in [0.3, 0.4) is 0 Å². The van der Waals surface area contributed by atoms with Crippen LogP contribution in [0.4, 0.5) is 10.2 Å². The van der Waals surface area contributed by atoms with Crippen molar-refractivity contribution in [3.63, 3.8) is 0 Å². The maximum absolute atomic E-state index is 13.0. The third kappa shape index (κ3) is 3.91. The van der Waals surface area contributed by atoms with E-state index in [-0.39, 0.29) is 17.4 Å². The predicted molar refractivity (Wildman–Crippen MR) is 109 cm³/mol. The number of H-pyrrole nitrogens is 1. The number of fused-ring (bicyclic) bond motifs is 1. The molecule has 1 unspecified atom stereocenters. The summed E-state index contributed by atoms with van der Waals surface area (Å²) < 4.78 is 13.0. The average molecular weight is 390 g/mol. The number of halogens is 1. The summed E-state index contributed by atoms with van der Waals surface area (Å²) in [5.41, 5.74) is 8.80. The predicted octanol–water partition coefficient (Wildman–Crippen LogP) is 3.47. The van der Waals surface area contributed by atoms with Crippen molar-refractivity contribution in [2.75, 3.05) is 11.9 Å². The van der Waals surface area contributed by atoms with E-state index in [2.05, 4.69) is 32.6 Å². The second kappa shape index (κ2) is 7.67. The van der Waals surface area contributed by atoms with Crippen LogP contribution in [0.25, 0.3) is 22.2 Å². The van der Waals surface area contributed by atoms with Crippen molar-refractivity contribution in [2.45, 2.75) is 12.8 Å². The van der Waals surface area contributed by atoms with Crippen molar-refractivity contribution in [1.29, 1.82) is 0 Å². The average Bonchev–Trinajstić information content (AvgIpc) is 3.16. The second-order valence-electron chi connectivity index (χ2n) is 6.83. The lowest BCUT2D eigenvalue weighted by atomic mass is 10.0. The summed E-state index contributed by atoms with van der Waals surface area (Å²) in [5, 5.41) is 19.1. The third-order valence-corrected chi connectivity index (χ3v) is 4.78. The lowest BCUT2D eigenvalue weighted by molar-refractivity contribution is 0.0997. The minimum atomic E-state index is -0.589. The molecule has 1 amide bonds. The van der Waals surface area contributed by atoms with Crippen LogP contribution in [-0.4, -0.2) is 32.8 Å². The Morgan fingerprint density at radius 1 is 1.14 bits per heavy atom. The first-order valence-corrected chi connectivity index (χ1v) is 9.12. The van der Waals surface area contributed by atoms with Crippen LogP contribution in [0.1, 0.15) is 28.9 Å². The lowest BCUT2D eigenvalue weighted by Gasteiger charge is -2.13. The molecule has 7 nitrogen and oxygen atoms in total. The zero-order valence-electron chi connectivity index (χ0n) is 15.7. The fraction of sp³-hybridized carbons (Fsp3) is 0.143. The van der Waals surface area contributed by atoms with Crippen LogP contribution < -0.4 is 11.1 Å². The number of hydrogen-bond acceptors (Lipinski definition) is 5. The highest BCUT2D eigenvalue weighted by Gasteiger charge is 2.12. The number of aromatic nitrogens is 4. The van der Waals surface area contributed by atoms with Crippen molar-refractivity contribution in [3.05, 3.63) is 71.7 Å². The zero-order valence-corrected chi connectivity index (χ0v) is 15.7. The van der Waals surface area contributed by atoms with Gasteiger partial charge >= 0.3 is 0 Å². The van der Waals surface area contributed by atoms with Crippen molar-refractivity contribution < 1.29 is 9.18 Å². The molecule has 0 fully saturated rings. The topological polar surface area (TPSA) is 110 Å². The van der Waals surface area contributed by atoms with Gasteiger partial charge in [0.05, 0.1) is 11.2 Å². The van der Waals surface area contributed by atoms with Gasteiger partial charge in [-0.15, -0.1) is 10.2 Å². The maximum atomic E-state index is 13.0. The van der Waals surface area contributed by atoms with Crippen LogP contribution in [0, 0.1) is 5.82 Å². The van der Waals surface area contributed by atoms with Gasteiger partial charge in [0.2, 0.25) is 0 Å². The molecule has 0 spiro atoms. The number of primary amides is 1. The van der Waals surface area contributed by atoms with Gasteiger partial charge in [-0.05, 0) is 47.9 Å². The number of carbonyl (C=O) groups is 1. The number of carbonyl (C=O) groups excluding carboxylic acids is 1. The molecule has 0 bridgehead atoms. The molecular formula is C21H19FN6O. The number of rotatable bonds is 6. The van der Waals surface area contributed by atoms with E-state index in [1.165, 1.54) is 12.1 Å². The fourth-order valence-corrected chi connectivity index (χ4v) is 3.11. The quantitative estimate of drug-likeness (QED) is 0.467. The minimum Gasteiger partial charge on any atom is -0.368 e. The number of amides is 1. The number of nitrogens with one attached hydrogen (secondary N) is 2. The van der Waals surface area contributed by atoms with E-state index in [0.717, 1.165) is 16.6 Å². The van der Waals surface area contributed by atoms with E-state index in [4.69, 9.17) is 5.73 Å². The molecule has 2 heterocycles. The molecule has 0 radical (unpaired) electrons. The molecule has 4 N–H and O–H groups in total. The number of nitrogens with zero attached hydrogens (tertiary/aromatic N) is 3. The minimum absolute atomic E-state index is 0.188. The van der Waals surface area contributed by atoms with Crippen LogP contribution >= 0.6 is 0 Å². The summed E-state index contributed by atoms with van der Waals surface area (Å²) in [5.74, 6) is -0.000972. The van der Waals surface area contributed by atoms with Gasteiger partial charge in [0, 0.05) is 17.5 Å². The Bertz CT molecular complexity index is 1150. The summed E-state index contributed by atoms with van der Waals surface area (Å²) >= 11 is 0. The van der Waals surface area contributed by atoms with Crippen LogP contribution in [0.2, 0.25) is 0 Å². The third-order valence-electron chi connectivity index (χ3n) is 4.78. The Hall–Kier alpha value is -3.81. The molecule has 4 aromatic rings. The lowest BCUT2D eigenvalue weighted by Crippen LogP contribution is -2.11. The van der Waals surface area contributed by atoms with Gasteiger partial charge in [0.25, 0.3) is 5.91 Å². The van der Waals surface area contributed by atoms with Crippen molar-refractivity contribution in [2.24, 2.45) is 5.73 Å². The molecule has 2 aromatic carbocycles. The number of nitrogens with two attached hydrogens (primary N) is 1. The molecule has 1 atom stereocenters. The van der Waals surface area contributed by atoms with Crippen LogP contribution in [0.15, 0.2) is 54.6 Å². The van der Waals surface area contributed by atoms with E-state index >= 15 is 0 Å². The van der Waals surface area contributed by atoms with Crippen LogP contribution in [0.5, 0.6) is 0 Å². The van der Waals surface area contributed by atoms with Gasteiger partial charge in [0.15, 0.2) is 5.69 Å². The SMILES string of the molecule is CC(CNc1ccc(-c2ccc3[nH]nc(C(N)=O)c3c2)nn1)c1ccc(F)cc1. The Morgan fingerprint density at radius 2 is 1.93 bits per heavy atom. The smallest absolute Gasteiger partial charge is 0.269 e. The standard InChI is InChI=1S/C21H19FN6O/c1-12(13-2-5-15(22)6-3-13)11-24-19-9-8-17(25-27-19)14-4-7-18-16(10-14)20(21(23)29)28-26-18/h2-10,12H,11H2,1H3,(H2,23,29)(H,24,27)(H,26,28). The van der Waals surface area contributed by atoms with Crippen molar-refractivity contribution in [3.8, 4) is 11.3 Å². The Morgan fingerprint density at radius 3 is 2.62 bits per heavy atom. The summed E-state index contributed by atoms with van der Waals surface area (Å²) in [6.45, 7) is 2.70. The summed E-state index contributed by atoms with van der Waals surface area (Å²) in [6.07, 6.45) is 0. The normalized spacial score (nSPS) is 12.1. The molecule has 29 heavy (non-hydrogen) atoms. The van der Waals surface area contributed by atoms with Gasteiger partial charge in [0.1, 0.15) is 11.6 Å². The van der Waals surface area contributed by atoms with Gasteiger partial charge in [-0.3, -0.25) is 9.89 Å². The molecule has 146 valence electrons. The fourth-order valence-electron chi connectivity index (χ4n) is 3.11. The molecule has 0 saturated carbocycles. The number of anilines is 1. The Kier molecular flexibility index (Phi) is 4.90. The molecular weight excluding hydrogens is 371 g/mol. The number of hydrogen-bond donors (Lipinski definition) is 3.